The van der Waals surface area contributed by atoms with Crippen LogP contribution in [-0.4, -0.2) is 14.7 Å². The van der Waals surface area contributed by atoms with Crippen LogP contribution in [0.3, 0.4) is 0 Å². The fourth-order valence-electron chi connectivity index (χ4n) is 2.22. The van der Waals surface area contributed by atoms with E-state index in [1.807, 2.05) is 49.7 Å². The van der Waals surface area contributed by atoms with Gasteiger partial charge in [0.2, 0.25) is 0 Å². The van der Waals surface area contributed by atoms with Gasteiger partial charge in [-0.05, 0) is 37.5 Å². The Hall–Kier alpha value is -1.61. The van der Waals surface area contributed by atoms with Crippen molar-refractivity contribution in [1.82, 2.24) is 9.55 Å². The van der Waals surface area contributed by atoms with Gasteiger partial charge >= 0.3 is 0 Å². The van der Waals surface area contributed by atoms with Gasteiger partial charge in [-0.15, -0.1) is 0 Å². The molecule has 2 rings (SSSR count). The van der Waals surface area contributed by atoms with Crippen LogP contribution in [0.15, 0.2) is 30.6 Å². The van der Waals surface area contributed by atoms with Crippen molar-refractivity contribution in [2.45, 2.75) is 33.4 Å². The first-order chi connectivity index (χ1) is 8.15. The van der Waals surface area contributed by atoms with E-state index < -0.39 is 6.10 Å². The van der Waals surface area contributed by atoms with Gasteiger partial charge in [0.1, 0.15) is 11.9 Å². The molecule has 2 aromatic rings. The van der Waals surface area contributed by atoms with Gasteiger partial charge in [-0.25, -0.2) is 4.98 Å². The molecular formula is C14H18N2O. The molecule has 0 amide bonds. The van der Waals surface area contributed by atoms with Gasteiger partial charge in [0, 0.05) is 18.9 Å². The minimum atomic E-state index is -0.647. The lowest BCUT2D eigenvalue weighted by Crippen LogP contribution is -2.11. The number of aliphatic hydroxyl groups is 1. The number of rotatable bonds is 3. The van der Waals surface area contributed by atoms with Gasteiger partial charge < -0.3 is 9.67 Å². The zero-order chi connectivity index (χ0) is 12.4. The molecule has 17 heavy (non-hydrogen) atoms. The average Bonchev–Trinajstić information content (AvgIpc) is 2.76. The minimum Gasteiger partial charge on any atom is -0.380 e. The summed E-state index contributed by atoms with van der Waals surface area (Å²) in [5, 5.41) is 10.5. The van der Waals surface area contributed by atoms with Crippen molar-refractivity contribution in [2.24, 2.45) is 0 Å². The topological polar surface area (TPSA) is 38.0 Å². The summed E-state index contributed by atoms with van der Waals surface area (Å²) in [6.07, 6.45) is 2.98. The largest absolute Gasteiger partial charge is 0.380 e. The molecule has 90 valence electrons. The van der Waals surface area contributed by atoms with E-state index in [4.69, 9.17) is 0 Å². The van der Waals surface area contributed by atoms with Crippen molar-refractivity contribution < 1.29 is 5.11 Å². The molecule has 0 bridgehead atoms. The van der Waals surface area contributed by atoms with Crippen LogP contribution in [0.25, 0.3) is 0 Å². The normalized spacial score (nSPS) is 12.7. The molecule has 1 aromatic heterocycles. The van der Waals surface area contributed by atoms with Gasteiger partial charge in [0.15, 0.2) is 0 Å². The van der Waals surface area contributed by atoms with Crippen LogP contribution in [0.5, 0.6) is 0 Å². The monoisotopic (exact) mass is 230 g/mol. The Morgan fingerprint density at radius 2 is 1.94 bits per heavy atom. The maximum absolute atomic E-state index is 10.5. The molecular weight excluding hydrogens is 212 g/mol. The summed E-state index contributed by atoms with van der Waals surface area (Å²) in [7, 11) is 0. The molecule has 1 unspecified atom stereocenters. The molecule has 0 aliphatic carbocycles. The van der Waals surface area contributed by atoms with Gasteiger partial charge in [-0.2, -0.15) is 0 Å². The van der Waals surface area contributed by atoms with Crippen molar-refractivity contribution in [3.8, 4) is 0 Å². The highest BCUT2D eigenvalue weighted by Gasteiger charge is 2.19. The number of hydrogen-bond acceptors (Lipinski definition) is 2. The number of aryl methyl sites for hydroxylation is 3. The molecule has 1 heterocycles. The van der Waals surface area contributed by atoms with Gasteiger partial charge in [0.05, 0.1) is 0 Å². The smallest absolute Gasteiger partial charge is 0.142 e. The van der Waals surface area contributed by atoms with E-state index in [9.17, 15) is 5.11 Å². The highest BCUT2D eigenvalue weighted by Crippen LogP contribution is 2.26. The Balaban J connectivity index is 2.47. The molecule has 0 saturated heterocycles. The third-order valence-electron chi connectivity index (χ3n) is 3.15. The zero-order valence-corrected chi connectivity index (χ0v) is 10.5. The number of hydrogen-bond donors (Lipinski definition) is 1. The van der Waals surface area contributed by atoms with E-state index in [-0.39, 0.29) is 0 Å². The van der Waals surface area contributed by atoms with Gasteiger partial charge in [-0.1, -0.05) is 18.2 Å². The number of benzene rings is 1. The van der Waals surface area contributed by atoms with Crippen molar-refractivity contribution in [1.29, 1.82) is 0 Å². The highest BCUT2D eigenvalue weighted by atomic mass is 16.3. The lowest BCUT2D eigenvalue weighted by molar-refractivity contribution is 0.203. The fraction of sp³-hybridized carbons (Fsp3) is 0.357. The van der Waals surface area contributed by atoms with E-state index in [2.05, 4.69) is 4.98 Å². The van der Waals surface area contributed by atoms with Crippen molar-refractivity contribution in [2.75, 3.05) is 0 Å². The first kappa shape index (κ1) is 11.9. The van der Waals surface area contributed by atoms with Crippen molar-refractivity contribution in [3.05, 3.63) is 53.1 Å². The second-order valence-corrected chi connectivity index (χ2v) is 4.28. The van der Waals surface area contributed by atoms with E-state index in [1.54, 1.807) is 6.20 Å². The molecule has 1 atom stereocenters. The Morgan fingerprint density at radius 1 is 1.29 bits per heavy atom. The second kappa shape index (κ2) is 4.72. The Labute approximate surface area is 102 Å². The Bertz CT molecular complexity index is 496. The number of aromatic nitrogens is 2. The molecule has 0 fully saturated rings. The third kappa shape index (κ3) is 2.11. The van der Waals surface area contributed by atoms with E-state index in [1.165, 1.54) is 0 Å². The Morgan fingerprint density at radius 3 is 2.53 bits per heavy atom. The lowest BCUT2D eigenvalue weighted by atomic mass is 9.97. The maximum atomic E-state index is 10.5. The molecule has 1 aromatic carbocycles. The van der Waals surface area contributed by atoms with Gasteiger partial charge in [-0.3, -0.25) is 0 Å². The number of imidazole rings is 1. The van der Waals surface area contributed by atoms with Crippen molar-refractivity contribution >= 4 is 0 Å². The second-order valence-electron chi connectivity index (χ2n) is 4.28. The lowest BCUT2D eigenvalue weighted by Gasteiger charge is -2.17. The van der Waals surface area contributed by atoms with Crippen LogP contribution < -0.4 is 0 Å². The average molecular weight is 230 g/mol. The predicted octanol–water partition coefficient (Wildman–Crippen LogP) is 2.60. The van der Waals surface area contributed by atoms with Crippen molar-refractivity contribution in [3.63, 3.8) is 0 Å². The van der Waals surface area contributed by atoms with Crippen LogP contribution in [0.2, 0.25) is 0 Å². The third-order valence-corrected chi connectivity index (χ3v) is 3.15. The van der Waals surface area contributed by atoms with E-state index in [0.717, 1.165) is 23.2 Å². The van der Waals surface area contributed by atoms with Crippen LogP contribution in [0.1, 0.15) is 35.5 Å². The summed E-state index contributed by atoms with van der Waals surface area (Å²) < 4.78 is 1.97. The molecule has 3 heteroatoms. The summed E-state index contributed by atoms with van der Waals surface area (Å²) in [6, 6.07) is 6.04. The summed E-state index contributed by atoms with van der Waals surface area (Å²) in [4.78, 5) is 4.26. The molecule has 1 N–H and O–H groups in total. The summed E-state index contributed by atoms with van der Waals surface area (Å²) in [6.45, 7) is 6.90. The summed E-state index contributed by atoms with van der Waals surface area (Å²) in [5.74, 6) is 0.713. The zero-order valence-electron chi connectivity index (χ0n) is 10.5. The van der Waals surface area contributed by atoms with Crippen LogP contribution >= 0.6 is 0 Å². The first-order valence-electron chi connectivity index (χ1n) is 5.90. The minimum absolute atomic E-state index is 0.647. The highest BCUT2D eigenvalue weighted by molar-refractivity contribution is 5.38. The summed E-state index contributed by atoms with van der Waals surface area (Å²) >= 11 is 0. The summed E-state index contributed by atoms with van der Waals surface area (Å²) in [5.41, 5.74) is 3.17. The molecule has 0 aliphatic rings. The molecule has 0 saturated carbocycles. The fourth-order valence-corrected chi connectivity index (χ4v) is 2.22. The quantitative estimate of drug-likeness (QED) is 0.880. The van der Waals surface area contributed by atoms with Crippen LogP contribution in [-0.2, 0) is 6.54 Å². The molecule has 0 spiro atoms. The predicted molar refractivity (Wildman–Crippen MR) is 67.9 cm³/mol. The SMILES string of the molecule is CCn1ccnc1C(O)c1c(C)cccc1C. The first-order valence-corrected chi connectivity index (χ1v) is 5.90. The molecule has 3 nitrogen and oxygen atoms in total. The molecule has 0 aliphatic heterocycles. The molecule has 0 radical (unpaired) electrons. The van der Waals surface area contributed by atoms with Crippen LogP contribution in [0, 0.1) is 13.8 Å². The van der Waals surface area contributed by atoms with Crippen LogP contribution in [0.4, 0.5) is 0 Å². The number of nitrogens with zero attached hydrogens (tertiary/aromatic N) is 2. The standard InChI is InChI=1S/C14H18N2O/c1-4-16-9-8-15-14(16)13(17)12-10(2)6-5-7-11(12)3/h5-9,13,17H,4H2,1-3H3. The van der Waals surface area contributed by atoms with Gasteiger partial charge in [0.25, 0.3) is 0 Å². The van der Waals surface area contributed by atoms with E-state index >= 15 is 0 Å². The Kier molecular flexibility index (Phi) is 3.29. The maximum Gasteiger partial charge on any atom is 0.142 e. The van der Waals surface area contributed by atoms with E-state index in [0.29, 0.717) is 5.82 Å². The number of aliphatic hydroxyl groups excluding tert-OH is 1.